The molecule has 2 aromatic rings. The minimum absolute atomic E-state index is 0.236. The van der Waals surface area contributed by atoms with Crippen LogP contribution >= 0.6 is 11.6 Å². The Kier molecular flexibility index (Phi) is 4.41. The van der Waals surface area contributed by atoms with Gasteiger partial charge in [-0.25, -0.2) is 4.98 Å². The number of carbonyl (C=O) groups is 1. The Labute approximate surface area is 121 Å². The van der Waals surface area contributed by atoms with Gasteiger partial charge in [0.25, 0.3) is 5.91 Å². The van der Waals surface area contributed by atoms with Crippen LogP contribution in [0.25, 0.3) is 0 Å². The minimum atomic E-state index is -0.306. The molecular formula is C14H12ClN3O2. The summed E-state index contributed by atoms with van der Waals surface area (Å²) >= 11 is 5.84. The second kappa shape index (κ2) is 6.24. The maximum Gasteiger partial charge on any atom is 0.273 e. The summed E-state index contributed by atoms with van der Waals surface area (Å²) in [6.07, 6.45) is 1.65. The molecule has 102 valence electrons. The number of halogens is 1. The summed E-state index contributed by atoms with van der Waals surface area (Å²) in [5.41, 5.74) is 0.908. The lowest BCUT2D eigenvalue weighted by Crippen LogP contribution is -2.16. The van der Waals surface area contributed by atoms with Gasteiger partial charge in [0.1, 0.15) is 23.8 Å². The van der Waals surface area contributed by atoms with E-state index in [2.05, 4.69) is 22.1 Å². The van der Waals surface area contributed by atoms with Gasteiger partial charge in [-0.15, -0.1) is 0 Å². The monoisotopic (exact) mass is 289 g/mol. The number of nitrogens with one attached hydrogen (secondary N) is 1. The fraction of sp³-hybridized carbons (Fsp3) is 0.143. The molecule has 5 nitrogen and oxygen atoms in total. The largest absolute Gasteiger partial charge is 0.384 e. The van der Waals surface area contributed by atoms with Crippen molar-refractivity contribution >= 4 is 23.3 Å². The lowest BCUT2D eigenvalue weighted by atomic mass is 10.3. The number of pyridine rings is 1. The van der Waals surface area contributed by atoms with Crippen LogP contribution in [0.1, 0.15) is 16.2 Å². The van der Waals surface area contributed by atoms with Crippen molar-refractivity contribution in [3.8, 4) is 11.8 Å². The third kappa shape index (κ3) is 3.38. The van der Waals surface area contributed by atoms with E-state index in [0.717, 1.165) is 0 Å². The fourth-order valence-electron chi connectivity index (χ4n) is 1.63. The number of aliphatic hydroxyl groups is 1. The number of amides is 1. The van der Waals surface area contributed by atoms with Crippen molar-refractivity contribution in [2.45, 2.75) is 0 Å². The van der Waals surface area contributed by atoms with Crippen molar-refractivity contribution in [2.75, 3.05) is 11.9 Å². The van der Waals surface area contributed by atoms with E-state index in [-0.39, 0.29) is 12.5 Å². The van der Waals surface area contributed by atoms with Crippen molar-refractivity contribution in [1.29, 1.82) is 0 Å². The summed E-state index contributed by atoms with van der Waals surface area (Å²) in [6, 6.07) is 6.65. The first-order chi connectivity index (χ1) is 9.60. The average molecular weight is 290 g/mol. The summed E-state index contributed by atoms with van der Waals surface area (Å²) in [5, 5.41) is 11.8. The Hall–Kier alpha value is -2.29. The molecule has 0 fully saturated rings. The first kappa shape index (κ1) is 14.1. The quantitative estimate of drug-likeness (QED) is 0.827. The minimum Gasteiger partial charge on any atom is -0.384 e. The van der Waals surface area contributed by atoms with Gasteiger partial charge in [-0.3, -0.25) is 4.79 Å². The molecule has 0 spiro atoms. The molecule has 0 bridgehead atoms. The third-order valence-corrected chi connectivity index (χ3v) is 2.70. The van der Waals surface area contributed by atoms with E-state index in [1.807, 2.05) is 0 Å². The summed E-state index contributed by atoms with van der Waals surface area (Å²) in [7, 11) is 1.73. The van der Waals surface area contributed by atoms with Gasteiger partial charge in [0.05, 0.1) is 5.02 Å². The van der Waals surface area contributed by atoms with Gasteiger partial charge in [-0.1, -0.05) is 23.6 Å². The summed E-state index contributed by atoms with van der Waals surface area (Å²) in [6.45, 7) is -0.236. The molecule has 0 aliphatic heterocycles. The Morgan fingerprint density at radius 1 is 1.55 bits per heavy atom. The van der Waals surface area contributed by atoms with Gasteiger partial charge in [0.2, 0.25) is 0 Å². The van der Waals surface area contributed by atoms with Crippen molar-refractivity contribution < 1.29 is 9.90 Å². The number of anilines is 1. The van der Waals surface area contributed by atoms with E-state index in [4.69, 9.17) is 16.7 Å². The van der Waals surface area contributed by atoms with E-state index in [1.54, 1.807) is 42.1 Å². The average Bonchev–Trinajstić information content (AvgIpc) is 2.76. The third-order valence-electron chi connectivity index (χ3n) is 2.49. The maximum atomic E-state index is 12.1. The van der Waals surface area contributed by atoms with Gasteiger partial charge in [-0.05, 0) is 24.1 Å². The van der Waals surface area contributed by atoms with Gasteiger partial charge < -0.3 is 15.0 Å². The molecule has 20 heavy (non-hydrogen) atoms. The molecular weight excluding hydrogens is 278 g/mol. The van der Waals surface area contributed by atoms with E-state index < -0.39 is 0 Å². The predicted molar refractivity (Wildman–Crippen MR) is 76.6 cm³/mol. The van der Waals surface area contributed by atoms with Crippen molar-refractivity contribution in [2.24, 2.45) is 7.05 Å². The smallest absolute Gasteiger partial charge is 0.273 e. The molecule has 0 atom stereocenters. The summed E-state index contributed by atoms with van der Waals surface area (Å²) < 4.78 is 1.63. The number of aryl methyl sites for hydroxylation is 1. The normalized spacial score (nSPS) is 9.75. The zero-order chi connectivity index (χ0) is 14.5. The second-order valence-corrected chi connectivity index (χ2v) is 4.41. The molecule has 0 aromatic carbocycles. The predicted octanol–water partition coefficient (Wildman–Crippen LogP) is 1.67. The van der Waals surface area contributed by atoms with Crippen LogP contribution in [0.4, 0.5) is 5.82 Å². The van der Waals surface area contributed by atoms with Crippen LogP contribution in [0.5, 0.6) is 0 Å². The van der Waals surface area contributed by atoms with E-state index in [9.17, 15) is 4.79 Å². The molecule has 0 unspecified atom stereocenters. The Morgan fingerprint density at radius 2 is 2.35 bits per heavy atom. The molecule has 0 aliphatic rings. The Morgan fingerprint density at radius 3 is 3.00 bits per heavy atom. The molecule has 0 radical (unpaired) electrons. The number of hydrogen-bond acceptors (Lipinski definition) is 3. The van der Waals surface area contributed by atoms with Crippen LogP contribution in [0.2, 0.25) is 5.02 Å². The molecule has 6 heteroatoms. The van der Waals surface area contributed by atoms with E-state index in [0.29, 0.717) is 22.2 Å². The first-order valence-corrected chi connectivity index (χ1v) is 6.18. The molecule has 2 aromatic heterocycles. The SMILES string of the molecule is Cn1cc(Cl)cc1C(=O)Nc1cccc(C#CCO)n1. The highest BCUT2D eigenvalue weighted by Gasteiger charge is 2.11. The number of hydrogen-bond donors (Lipinski definition) is 2. The Bertz CT molecular complexity index is 698. The zero-order valence-electron chi connectivity index (χ0n) is 10.7. The van der Waals surface area contributed by atoms with E-state index in [1.165, 1.54) is 0 Å². The lowest BCUT2D eigenvalue weighted by Gasteiger charge is -2.05. The second-order valence-electron chi connectivity index (χ2n) is 3.98. The maximum absolute atomic E-state index is 12.1. The van der Waals surface area contributed by atoms with Crippen molar-refractivity contribution in [1.82, 2.24) is 9.55 Å². The van der Waals surface area contributed by atoms with Crippen LogP contribution in [0.15, 0.2) is 30.5 Å². The van der Waals surface area contributed by atoms with Gasteiger partial charge >= 0.3 is 0 Å². The fourth-order valence-corrected chi connectivity index (χ4v) is 1.88. The van der Waals surface area contributed by atoms with E-state index >= 15 is 0 Å². The number of rotatable bonds is 2. The topological polar surface area (TPSA) is 67.2 Å². The standard InChI is InChI=1S/C14H12ClN3O2/c1-18-9-10(15)8-12(18)14(20)17-13-6-2-4-11(16-13)5-3-7-19/h2,4,6,8-9,19H,7H2,1H3,(H,16,17,20). The molecule has 1 amide bonds. The number of aliphatic hydroxyl groups excluding tert-OH is 1. The first-order valence-electron chi connectivity index (χ1n) is 5.80. The van der Waals surface area contributed by atoms with Crippen molar-refractivity contribution in [3.63, 3.8) is 0 Å². The van der Waals surface area contributed by atoms with Crippen molar-refractivity contribution in [3.05, 3.63) is 46.9 Å². The van der Waals surface area contributed by atoms with Crippen LogP contribution in [-0.2, 0) is 7.05 Å². The Balaban J connectivity index is 2.17. The molecule has 0 saturated carbocycles. The lowest BCUT2D eigenvalue weighted by molar-refractivity contribution is 0.101. The summed E-state index contributed by atoms with van der Waals surface area (Å²) in [4.78, 5) is 16.2. The number of carbonyl (C=O) groups excluding carboxylic acids is 1. The van der Waals surface area contributed by atoms with Crippen LogP contribution < -0.4 is 5.32 Å². The summed E-state index contributed by atoms with van der Waals surface area (Å²) in [5.74, 6) is 5.25. The molecule has 0 saturated heterocycles. The highest BCUT2D eigenvalue weighted by Crippen LogP contribution is 2.14. The van der Waals surface area contributed by atoms with Crippen LogP contribution in [0.3, 0.4) is 0 Å². The molecule has 0 aliphatic carbocycles. The highest BCUT2D eigenvalue weighted by atomic mass is 35.5. The molecule has 2 rings (SSSR count). The van der Waals surface area contributed by atoms with Crippen LogP contribution in [0, 0.1) is 11.8 Å². The number of nitrogens with zero attached hydrogens (tertiary/aromatic N) is 2. The van der Waals surface area contributed by atoms with Crippen LogP contribution in [-0.4, -0.2) is 27.2 Å². The van der Waals surface area contributed by atoms with Gasteiger partial charge in [0.15, 0.2) is 0 Å². The zero-order valence-corrected chi connectivity index (χ0v) is 11.5. The molecule has 2 N–H and O–H groups in total. The highest BCUT2D eigenvalue weighted by molar-refractivity contribution is 6.31. The molecule has 2 heterocycles. The number of aromatic nitrogens is 2. The van der Waals surface area contributed by atoms with Gasteiger partial charge in [-0.2, -0.15) is 0 Å². The van der Waals surface area contributed by atoms with Gasteiger partial charge in [0, 0.05) is 13.2 Å².